The zero-order chi connectivity index (χ0) is 7.90. The summed E-state index contributed by atoms with van der Waals surface area (Å²) in [5.41, 5.74) is 5.96. The van der Waals surface area contributed by atoms with Gasteiger partial charge in [0.2, 0.25) is 0 Å². The quantitative estimate of drug-likeness (QED) is 0.557. The van der Waals surface area contributed by atoms with Crippen LogP contribution < -0.4 is 5.73 Å². The third-order valence-electron chi connectivity index (χ3n) is 2.97. The first kappa shape index (κ1) is 7.53. The van der Waals surface area contributed by atoms with E-state index >= 15 is 0 Å². The maximum Gasteiger partial charge on any atom is 0.0575 e. The third kappa shape index (κ3) is 1.17. The van der Waals surface area contributed by atoms with Crippen LogP contribution in [0.2, 0.25) is 0 Å². The van der Waals surface area contributed by atoms with Crippen molar-refractivity contribution in [3.05, 3.63) is 0 Å². The van der Waals surface area contributed by atoms with Gasteiger partial charge >= 0.3 is 0 Å². The molecule has 0 aromatic heterocycles. The zero-order valence-electron chi connectivity index (χ0n) is 6.62. The average molecular weight is 157 g/mol. The highest BCUT2D eigenvalue weighted by molar-refractivity contribution is 5.03. The summed E-state index contributed by atoms with van der Waals surface area (Å²) in [4.78, 5) is 0. The highest BCUT2D eigenvalue weighted by Gasteiger charge is 2.46. The molecule has 1 unspecified atom stereocenters. The van der Waals surface area contributed by atoms with Crippen LogP contribution in [-0.4, -0.2) is 30.0 Å². The van der Waals surface area contributed by atoms with Gasteiger partial charge < -0.3 is 15.6 Å². The molecule has 0 aromatic rings. The molecule has 0 amide bonds. The Kier molecular flexibility index (Phi) is 1.67. The Labute approximate surface area is 66.5 Å². The predicted octanol–water partition coefficient (Wildman–Crippen LogP) is -0.125. The SMILES string of the molecule is NC1(C2CCOC2)CC(O)C1. The van der Waals surface area contributed by atoms with Crippen LogP contribution in [0.3, 0.4) is 0 Å². The molecule has 1 saturated heterocycles. The smallest absolute Gasteiger partial charge is 0.0575 e. The fourth-order valence-corrected chi connectivity index (χ4v) is 2.14. The second-order valence-corrected chi connectivity index (χ2v) is 3.86. The van der Waals surface area contributed by atoms with Crippen molar-refractivity contribution in [2.24, 2.45) is 11.7 Å². The minimum absolute atomic E-state index is 0.101. The lowest BCUT2D eigenvalue weighted by Gasteiger charge is -2.46. The van der Waals surface area contributed by atoms with Crippen LogP contribution in [-0.2, 0) is 4.74 Å². The second kappa shape index (κ2) is 2.44. The van der Waals surface area contributed by atoms with E-state index in [0.717, 1.165) is 32.5 Å². The van der Waals surface area contributed by atoms with Gasteiger partial charge in [0, 0.05) is 18.1 Å². The molecular formula is C8H15NO2. The number of aliphatic hydroxyl groups excluding tert-OH is 1. The van der Waals surface area contributed by atoms with E-state index in [-0.39, 0.29) is 11.6 Å². The van der Waals surface area contributed by atoms with Crippen molar-refractivity contribution in [2.45, 2.75) is 30.9 Å². The number of hydrogen-bond acceptors (Lipinski definition) is 3. The Morgan fingerprint density at radius 1 is 1.45 bits per heavy atom. The molecule has 1 aliphatic carbocycles. The lowest BCUT2D eigenvalue weighted by Crippen LogP contribution is -2.59. The molecule has 1 aliphatic heterocycles. The van der Waals surface area contributed by atoms with Crippen LogP contribution in [0.1, 0.15) is 19.3 Å². The van der Waals surface area contributed by atoms with E-state index in [2.05, 4.69) is 0 Å². The fraction of sp³-hybridized carbons (Fsp3) is 1.00. The molecule has 2 aliphatic rings. The minimum Gasteiger partial charge on any atom is -0.393 e. The van der Waals surface area contributed by atoms with E-state index < -0.39 is 0 Å². The van der Waals surface area contributed by atoms with Crippen LogP contribution >= 0.6 is 0 Å². The summed E-state index contributed by atoms with van der Waals surface area (Å²) < 4.78 is 5.25. The van der Waals surface area contributed by atoms with E-state index in [0.29, 0.717) is 5.92 Å². The van der Waals surface area contributed by atoms with Gasteiger partial charge in [-0.15, -0.1) is 0 Å². The monoisotopic (exact) mass is 157 g/mol. The molecule has 0 bridgehead atoms. The maximum atomic E-state index is 9.12. The Morgan fingerprint density at radius 2 is 2.18 bits per heavy atom. The van der Waals surface area contributed by atoms with Gasteiger partial charge in [-0.25, -0.2) is 0 Å². The number of ether oxygens (including phenoxy) is 1. The summed E-state index contributed by atoms with van der Waals surface area (Å²) >= 11 is 0. The molecule has 1 atom stereocenters. The van der Waals surface area contributed by atoms with Crippen LogP contribution in [0.15, 0.2) is 0 Å². The van der Waals surface area contributed by atoms with E-state index in [9.17, 15) is 0 Å². The molecule has 1 saturated carbocycles. The standard InChI is InChI=1S/C8H15NO2/c9-8(3-7(10)4-8)6-1-2-11-5-6/h6-7,10H,1-5,9H2. The average Bonchev–Trinajstić information content (AvgIpc) is 2.34. The van der Waals surface area contributed by atoms with E-state index in [4.69, 9.17) is 15.6 Å². The first-order chi connectivity index (χ1) is 5.21. The zero-order valence-corrected chi connectivity index (χ0v) is 6.62. The Morgan fingerprint density at radius 3 is 2.64 bits per heavy atom. The highest BCUT2D eigenvalue weighted by Crippen LogP contribution is 2.39. The van der Waals surface area contributed by atoms with E-state index in [1.165, 1.54) is 0 Å². The molecule has 11 heavy (non-hydrogen) atoms. The van der Waals surface area contributed by atoms with Crippen molar-refractivity contribution in [2.75, 3.05) is 13.2 Å². The van der Waals surface area contributed by atoms with Crippen molar-refractivity contribution >= 4 is 0 Å². The number of hydrogen-bond donors (Lipinski definition) is 2. The van der Waals surface area contributed by atoms with Crippen molar-refractivity contribution in [3.63, 3.8) is 0 Å². The van der Waals surface area contributed by atoms with Crippen molar-refractivity contribution < 1.29 is 9.84 Å². The summed E-state index contributed by atoms with van der Waals surface area (Å²) in [6.45, 7) is 1.64. The Balaban J connectivity index is 1.93. The molecule has 3 heteroatoms. The molecule has 3 N–H and O–H groups in total. The molecule has 64 valence electrons. The van der Waals surface area contributed by atoms with Gasteiger partial charge in [-0.3, -0.25) is 0 Å². The highest BCUT2D eigenvalue weighted by atomic mass is 16.5. The van der Waals surface area contributed by atoms with Gasteiger partial charge in [-0.1, -0.05) is 0 Å². The molecule has 2 rings (SSSR count). The second-order valence-electron chi connectivity index (χ2n) is 3.86. The molecule has 2 fully saturated rings. The van der Waals surface area contributed by atoms with Crippen LogP contribution in [0.4, 0.5) is 0 Å². The van der Waals surface area contributed by atoms with Gasteiger partial charge in [-0.2, -0.15) is 0 Å². The summed E-state index contributed by atoms with van der Waals surface area (Å²) in [7, 11) is 0. The van der Waals surface area contributed by atoms with Gasteiger partial charge in [0.05, 0.1) is 12.7 Å². The lowest BCUT2D eigenvalue weighted by atomic mass is 9.67. The topological polar surface area (TPSA) is 55.5 Å². The molecule has 3 nitrogen and oxygen atoms in total. The van der Waals surface area contributed by atoms with Gasteiger partial charge in [-0.05, 0) is 19.3 Å². The summed E-state index contributed by atoms with van der Waals surface area (Å²) in [5, 5.41) is 9.12. The molecular weight excluding hydrogens is 142 g/mol. The molecule has 0 spiro atoms. The van der Waals surface area contributed by atoms with Crippen LogP contribution in [0.25, 0.3) is 0 Å². The minimum atomic E-state index is -0.152. The molecule has 0 radical (unpaired) electrons. The molecule has 1 heterocycles. The van der Waals surface area contributed by atoms with E-state index in [1.807, 2.05) is 0 Å². The Hall–Kier alpha value is -0.120. The number of nitrogens with two attached hydrogens (primary N) is 1. The van der Waals surface area contributed by atoms with Crippen molar-refractivity contribution in [3.8, 4) is 0 Å². The van der Waals surface area contributed by atoms with E-state index in [1.54, 1.807) is 0 Å². The predicted molar refractivity (Wildman–Crippen MR) is 41.1 cm³/mol. The first-order valence-corrected chi connectivity index (χ1v) is 4.25. The maximum absolute atomic E-state index is 9.12. The van der Waals surface area contributed by atoms with Gasteiger partial charge in [0.25, 0.3) is 0 Å². The molecule has 0 aromatic carbocycles. The Bertz CT molecular complexity index is 148. The van der Waals surface area contributed by atoms with Crippen molar-refractivity contribution in [1.29, 1.82) is 0 Å². The first-order valence-electron chi connectivity index (χ1n) is 4.25. The third-order valence-corrected chi connectivity index (χ3v) is 2.97. The normalized spacial score (nSPS) is 50.7. The summed E-state index contributed by atoms with van der Waals surface area (Å²) in [6.07, 6.45) is 2.45. The summed E-state index contributed by atoms with van der Waals surface area (Å²) in [5.74, 6) is 0.492. The fourth-order valence-electron chi connectivity index (χ4n) is 2.14. The summed E-state index contributed by atoms with van der Waals surface area (Å²) in [6, 6.07) is 0. The van der Waals surface area contributed by atoms with Crippen molar-refractivity contribution in [1.82, 2.24) is 0 Å². The van der Waals surface area contributed by atoms with Crippen LogP contribution in [0, 0.1) is 5.92 Å². The lowest BCUT2D eigenvalue weighted by molar-refractivity contribution is -0.0106. The van der Waals surface area contributed by atoms with Crippen LogP contribution in [0.5, 0.6) is 0 Å². The van der Waals surface area contributed by atoms with Gasteiger partial charge in [0.1, 0.15) is 0 Å². The van der Waals surface area contributed by atoms with Gasteiger partial charge in [0.15, 0.2) is 0 Å². The number of aliphatic hydroxyl groups is 1. The number of rotatable bonds is 1. The largest absolute Gasteiger partial charge is 0.393 e.